The summed E-state index contributed by atoms with van der Waals surface area (Å²) < 4.78 is 4.88. The van der Waals surface area contributed by atoms with E-state index in [0.717, 1.165) is 6.20 Å². The zero-order valence-electron chi connectivity index (χ0n) is 7.88. The van der Waals surface area contributed by atoms with Crippen LogP contribution in [0.4, 0.5) is 5.69 Å². The van der Waals surface area contributed by atoms with Crippen LogP contribution >= 0.6 is 0 Å². The zero-order chi connectivity index (χ0) is 11.3. The Balaban J connectivity index is 3.20. The van der Waals surface area contributed by atoms with Gasteiger partial charge in [0.05, 0.1) is 18.1 Å². The van der Waals surface area contributed by atoms with Crippen molar-refractivity contribution in [3.63, 3.8) is 0 Å². The number of ether oxygens (including phenoxy) is 1. The summed E-state index contributed by atoms with van der Waals surface area (Å²) in [7, 11) is 1.40. The molecule has 0 radical (unpaired) electrons. The Kier molecular flexibility index (Phi) is 3.35. The molecule has 0 aromatic carbocycles. The maximum atomic E-state index is 10.5. The van der Waals surface area contributed by atoms with Crippen LogP contribution in [0.2, 0.25) is 0 Å². The van der Waals surface area contributed by atoms with E-state index in [1.165, 1.54) is 25.3 Å². The van der Waals surface area contributed by atoms with E-state index in [-0.39, 0.29) is 11.6 Å². The lowest BCUT2D eigenvalue weighted by atomic mass is 10.2. The largest absolute Gasteiger partial charge is 0.481 e. The normalized spacial score (nSPS) is 9.87. The minimum Gasteiger partial charge on any atom is -0.481 e. The van der Waals surface area contributed by atoms with Gasteiger partial charge in [0.15, 0.2) is 0 Å². The number of methoxy groups -OCH3 is 1. The van der Waals surface area contributed by atoms with Crippen LogP contribution in [0.5, 0.6) is 5.88 Å². The van der Waals surface area contributed by atoms with Gasteiger partial charge in [-0.3, -0.25) is 10.1 Å². The maximum absolute atomic E-state index is 10.5. The fraction of sp³-hybridized carbons (Fsp3) is 0.111. The Morgan fingerprint density at radius 2 is 2.47 bits per heavy atom. The number of nitro groups is 1. The van der Waals surface area contributed by atoms with E-state index in [2.05, 4.69) is 4.98 Å². The van der Waals surface area contributed by atoms with Gasteiger partial charge in [-0.25, -0.2) is 4.98 Å². The number of nitrogens with zero attached hydrogens (tertiary/aromatic N) is 3. The monoisotopic (exact) mass is 205 g/mol. The van der Waals surface area contributed by atoms with Gasteiger partial charge in [0.25, 0.3) is 5.69 Å². The molecule has 0 atom stereocenters. The number of hydrogen-bond acceptors (Lipinski definition) is 5. The lowest BCUT2D eigenvalue weighted by Gasteiger charge is -2.01. The van der Waals surface area contributed by atoms with Gasteiger partial charge in [0.1, 0.15) is 6.20 Å². The molecule has 6 nitrogen and oxygen atoms in total. The van der Waals surface area contributed by atoms with Gasteiger partial charge in [-0.15, -0.1) is 0 Å². The summed E-state index contributed by atoms with van der Waals surface area (Å²) in [5.41, 5.74) is 0.252. The standard InChI is InChI=1S/C9H7N3O3/c1-15-9-7(3-2-4-10)5-8(6-11-9)12(13)14/h2-3,5-6H,1H3. The van der Waals surface area contributed by atoms with Gasteiger partial charge in [-0.05, 0) is 6.08 Å². The van der Waals surface area contributed by atoms with Crippen molar-refractivity contribution in [1.29, 1.82) is 5.26 Å². The minimum atomic E-state index is -0.559. The van der Waals surface area contributed by atoms with Crippen molar-refractivity contribution in [3.8, 4) is 11.9 Å². The highest BCUT2D eigenvalue weighted by Gasteiger charge is 2.10. The Bertz CT molecular complexity index is 448. The molecule has 1 rings (SSSR count). The SMILES string of the molecule is COc1ncc([N+](=O)[O-])cc1C=CC#N. The molecule has 6 heteroatoms. The quantitative estimate of drug-likeness (QED) is 0.424. The average Bonchev–Trinajstić information content (AvgIpc) is 2.25. The Labute approximate surface area is 85.6 Å². The highest BCUT2D eigenvalue weighted by atomic mass is 16.6. The number of allylic oxidation sites excluding steroid dienone is 1. The molecule has 0 aliphatic rings. The zero-order valence-corrected chi connectivity index (χ0v) is 7.88. The van der Waals surface area contributed by atoms with E-state index in [4.69, 9.17) is 10.00 Å². The highest BCUT2D eigenvalue weighted by molar-refractivity contribution is 5.59. The van der Waals surface area contributed by atoms with E-state index in [1.54, 1.807) is 6.07 Å². The summed E-state index contributed by atoms with van der Waals surface area (Å²) in [6, 6.07) is 3.07. The second-order valence-electron chi connectivity index (χ2n) is 2.51. The molecule has 0 bridgehead atoms. The van der Waals surface area contributed by atoms with E-state index >= 15 is 0 Å². The second-order valence-corrected chi connectivity index (χ2v) is 2.51. The van der Waals surface area contributed by atoms with Gasteiger partial charge in [0, 0.05) is 17.7 Å². The Morgan fingerprint density at radius 3 is 3.00 bits per heavy atom. The average molecular weight is 205 g/mol. The fourth-order valence-corrected chi connectivity index (χ4v) is 0.974. The third-order valence-corrected chi connectivity index (χ3v) is 1.61. The molecule has 0 aliphatic heterocycles. The molecule has 0 amide bonds. The summed E-state index contributed by atoms with van der Waals surface area (Å²) in [4.78, 5) is 13.6. The third-order valence-electron chi connectivity index (χ3n) is 1.61. The van der Waals surface area contributed by atoms with Gasteiger partial charge < -0.3 is 4.74 Å². The number of hydrogen-bond donors (Lipinski definition) is 0. The Hall–Kier alpha value is -2.42. The first-order chi connectivity index (χ1) is 7.19. The molecule has 0 aliphatic carbocycles. The molecule has 0 N–H and O–H groups in total. The number of aromatic nitrogens is 1. The molecular weight excluding hydrogens is 198 g/mol. The smallest absolute Gasteiger partial charge is 0.288 e. The summed E-state index contributed by atoms with van der Waals surface area (Å²) in [5.74, 6) is 0.243. The van der Waals surface area contributed by atoms with Crippen LogP contribution in [0.25, 0.3) is 6.08 Å². The number of rotatable bonds is 3. The van der Waals surface area contributed by atoms with Crippen molar-refractivity contribution >= 4 is 11.8 Å². The molecule has 1 heterocycles. The Morgan fingerprint density at radius 1 is 1.73 bits per heavy atom. The van der Waals surface area contributed by atoms with E-state index < -0.39 is 4.92 Å². The van der Waals surface area contributed by atoms with Crippen molar-refractivity contribution in [1.82, 2.24) is 4.98 Å². The molecule has 0 saturated heterocycles. The fourth-order valence-electron chi connectivity index (χ4n) is 0.974. The van der Waals surface area contributed by atoms with Crippen LogP contribution in [-0.4, -0.2) is 17.0 Å². The maximum Gasteiger partial charge on any atom is 0.288 e. The van der Waals surface area contributed by atoms with E-state index in [1.807, 2.05) is 0 Å². The van der Waals surface area contributed by atoms with Gasteiger partial charge in [-0.2, -0.15) is 5.26 Å². The van der Waals surface area contributed by atoms with E-state index in [0.29, 0.717) is 5.56 Å². The number of pyridine rings is 1. The predicted molar refractivity (Wildman–Crippen MR) is 52.1 cm³/mol. The topological polar surface area (TPSA) is 89.1 Å². The summed E-state index contributed by atoms with van der Waals surface area (Å²) in [5, 5.41) is 18.8. The molecule has 0 spiro atoms. The highest BCUT2D eigenvalue weighted by Crippen LogP contribution is 2.21. The van der Waals surface area contributed by atoms with Gasteiger partial charge in [-0.1, -0.05) is 0 Å². The molecule has 15 heavy (non-hydrogen) atoms. The second kappa shape index (κ2) is 4.72. The molecule has 0 unspecified atom stereocenters. The lowest BCUT2D eigenvalue weighted by Crippen LogP contribution is -1.94. The van der Waals surface area contributed by atoms with Crippen LogP contribution in [0.3, 0.4) is 0 Å². The molecule has 0 saturated carbocycles. The summed E-state index contributed by atoms with van der Waals surface area (Å²) >= 11 is 0. The van der Waals surface area contributed by atoms with Crippen LogP contribution < -0.4 is 4.74 Å². The molecular formula is C9H7N3O3. The van der Waals surface area contributed by atoms with Crippen LogP contribution in [-0.2, 0) is 0 Å². The molecule has 1 aromatic rings. The van der Waals surface area contributed by atoms with Crippen LogP contribution in [0.15, 0.2) is 18.3 Å². The van der Waals surface area contributed by atoms with Crippen LogP contribution in [0.1, 0.15) is 5.56 Å². The minimum absolute atomic E-state index is 0.145. The molecule has 76 valence electrons. The lowest BCUT2D eigenvalue weighted by molar-refractivity contribution is -0.385. The first kappa shape index (κ1) is 10.7. The molecule has 1 aromatic heterocycles. The van der Waals surface area contributed by atoms with Crippen molar-refractivity contribution < 1.29 is 9.66 Å². The first-order valence-corrected chi connectivity index (χ1v) is 3.93. The van der Waals surface area contributed by atoms with Crippen molar-refractivity contribution in [3.05, 3.63) is 34.0 Å². The van der Waals surface area contributed by atoms with Crippen molar-refractivity contribution in [2.24, 2.45) is 0 Å². The van der Waals surface area contributed by atoms with Crippen molar-refractivity contribution in [2.45, 2.75) is 0 Å². The summed E-state index contributed by atoms with van der Waals surface area (Å²) in [6.07, 6.45) is 3.70. The molecule has 0 fully saturated rings. The predicted octanol–water partition coefficient (Wildman–Crippen LogP) is 1.54. The van der Waals surface area contributed by atoms with Gasteiger partial charge >= 0.3 is 0 Å². The van der Waals surface area contributed by atoms with E-state index in [9.17, 15) is 10.1 Å². The van der Waals surface area contributed by atoms with Crippen LogP contribution in [0, 0.1) is 21.4 Å². The summed E-state index contributed by atoms with van der Waals surface area (Å²) in [6.45, 7) is 0. The first-order valence-electron chi connectivity index (χ1n) is 3.93. The third kappa shape index (κ3) is 2.51. The number of nitriles is 1. The van der Waals surface area contributed by atoms with Crippen molar-refractivity contribution in [2.75, 3.05) is 7.11 Å². The van der Waals surface area contributed by atoms with Gasteiger partial charge in [0.2, 0.25) is 5.88 Å².